The first-order valence-corrected chi connectivity index (χ1v) is 3.79. The van der Waals surface area contributed by atoms with Crippen LogP contribution < -0.4 is 5.32 Å². The number of nitrogens with one attached hydrogen (secondary N) is 1. The van der Waals surface area contributed by atoms with E-state index in [1.165, 1.54) is 0 Å². The topological polar surface area (TPSA) is 29.1 Å². The van der Waals surface area contributed by atoms with Gasteiger partial charge in [-0.1, -0.05) is 6.92 Å². The number of hydrogen-bond donors (Lipinski definition) is 1. The number of Topliss-reactive ketones (excluding diaryl/α,β-unsaturated/α-hetero) is 1. The van der Waals surface area contributed by atoms with E-state index in [0.717, 1.165) is 6.54 Å². The third kappa shape index (κ3) is 1.57. The van der Waals surface area contributed by atoms with Gasteiger partial charge in [-0.2, -0.15) is 0 Å². The van der Waals surface area contributed by atoms with Crippen LogP contribution in [0.15, 0.2) is 0 Å². The molecular weight excluding hydrogens is 126 g/mol. The second-order valence-electron chi connectivity index (χ2n) is 3.81. The van der Waals surface area contributed by atoms with Gasteiger partial charge in [0.25, 0.3) is 0 Å². The third-order valence-corrected chi connectivity index (χ3v) is 2.05. The van der Waals surface area contributed by atoms with Gasteiger partial charge < -0.3 is 5.32 Å². The summed E-state index contributed by atoms with van der Waals surface area (Å²) >= 11 is 0. The summed E-state index contributed by atoms with van der Waals surface area (Å²) in [6.07, 6.45) is 0.675. The van der Waals surface area contributed by atoms with Crippen LogP contribution in [-0.2, 0) is 4.79 Å². The molecule has 58 valence electrons. The summed E-state index contributed by atoms with van der Waals surface area (Å²) in [6, 6.07) is 0. The minimum Gasteiger partial charge on any atom is -0.311 e. The highest BCUT2D eigenvalue weighted by atomic mass is 16.1. The van der Waals surface area contributed by atoms with Crippen molar-refractivity contribution in [2.75, 3.05) is 6.54 Å². The molecule has 10 heavy (non-hydrogen) atoms. The average molecular weight is 141 g/mol. The number of carbonyl (C=O) groups is 1. The largest absolute Gasteiger partial charge is 0.311 e. The van der Waals surface area contributed by atoms with Crippen LogP contribution >= 0.6 is 0 Å². The predicted molar refractivity (Wildman–Crippen MR) is 40.9 cm³/mol. The first-order valence-electron chi connectivity index (χ1n) is 3.79. The van der Waals surface area contributed by atoms with Gasteiger partial charge in [-0.05, 0) is 13.8 Å². The summed E-state index contributed by atoms with van der Waals surface area (Å²) in [5.74, 6) is 0.608. The molecule has 1 rings (SSSR count). The van der Waals surface area contributed by atoms with Crippen molar-refractivity contribution in [2.24, 2.45) is 5.92 Å². The molecule has 2 nitrogen and oxygen atoms in total. The highest BCUT2D eigenvalue weighted by Crippen LogP contribution is 2.17. The molecule has 1 aliphatic rings. The minimum absolute atomic E-state index is 0.0313. The van der Waals surface area contributed by atoms with Crippen molar-refractivity contribution in [1.82, 2.24) is 5.32 Å². The lowest BCUT2D eigenvalue weighted by molar-refractivity contribution is -0.125. The van der Waals surface area contributed by atoms with E-state index in [1.54, 1.807) is 0 Å². The molecular formula is C8H15NO. The standard InChI is InChI=1S/C8H15NO/c1-6-5-9-8(2,3)4-7(6)10/h6,9H,4-5H2,1-3H3. The Morgan fingerprint density at radius 2 is 2.20 bits per heavy atom. The Morgan fingerprint density at radius 3 is 2.60 bits per heavy atom. The Kier molecular flexibility index (Phi) is 1.82. The van der Waals surface area contributed by atoms with Crippen molar-refractivity contribution in [3.8, 4) is 0 Å². The first-order chi connectivity index (χ1) is 4.51. The van der Waals surface area contributed by atoms with Crippen molar-refractivity contribution in [2.45, 2.75) is 32.7 Å². The van der Waals surface area contributed by atoms with Crippen LogP contribution in [0.2, 0.25) is 0 Å². The van der Waals surface area contributed by atoms with Crippen LogP contribution in [0.3, 0.4) is 0 Å². The Balaban J connectivity index is 2.57. The molecule has 1 N–H and O–H groups in total. The molecule has 0 aliphatic carbocycles. The molecule has 1 heterocycles. The van der Waals surface area contributed by atoms with E-state index in [-0.39, 0.29) is 11.5 Å². The van der Waals surface area contributed by atoms with E-state index >= 15 is 0 Å². The molecule has 1 unspecified atom stereocenters. The van der Waals surface area contributed by atoms with Gasteiger partial charge in [0.05, 0.1) is 0 Å². The maximum atomic E-state index is 11.2. The van der Waals surface area contributed by atoms with Crippen LogP contribution in [0.1, 0.15) is 27.2 Å². The molecule has 1 atom stereocenters. The molecule has 0 saturated carbocycles. The lowest BCUT2D eigenvalue weighted by Crippen LogP contribution is -2.50. The molecule has 1 saturated heterocycles. The van der Waals surface area contributed by atoms with Crippen LogP contribution in [0.5, 0.6) is 0 Å². The molecule has 0 aromatic carbocycles. The van der Waals surface area contributed by atoms with Gasteiger partial charge in [0.15, 0.2) is 0 Å². The fourth-order valence-electron chi connectivity index (χ4n) is 1.22. The predicted octanol–water partition coefficient (Wildman–Crippen LogP) is 0.964. The maximum Gasteiger partial charge on any atom is 0.138 e. The van der Waals surface area contributed by atoms with Crippen molar-refractivity contribution < 1.29 is 4.79 Å². The molecule has 2 heteroatoms. The molecule has 1 fully saturated rings. The Bertz CT molecular complexity index is 151. The highest BCUT2D eigenvalue weighted by Gasteiger charge is 2.29. The number of rotatable bonds is 0. The van der Waals surface area contributed by atoms with E-state index in [1.807, 2.05) is 6.92 Å². The second kappa shape index (κ2) is 2.35. The van der Waals surface area contributed by atoms with Gasteiger partial charge in [-0.15, -0.1) is 0 Å². The van der Waals surface area contributed by atoms with E-state index in [0.29, 0.717) is 12.2 Å². The van der Waals surface area contributed by atoms with Crippen LogP contribution in [0.4, 0.5) is 0 Å². The number of hydrogen-bond acceptors (Lipinski definition) is 2. The Morgan fingerprint density at radius 1 is 1.60 bits per heavy atom. The Labute approximate surface area is 62.0 Å². The summed E-state index contributed by atoms with van der Waals surface area (Å²) < 4.78 is 0. The van der Waals surface area contributed by atoms with Crippen molar-refractivity contribution in [3.63, 3.8) is 0 Å². The molecule has 0 radical (unpaired) electrons. The fraction of sp³-hybridized carbons (Fsp3) is 0.875. The van der Waals surface area contributed by atoms with Crippen LogP contribution in [0, 0.1) is 5.92 Å². The third-order valence-electron chi connectivity index (χ3n) is 2.05. The molecule has 0 bridgehead atoms. The molecule has 1 aliphatic heterocycles. The van der Waals surface area contributed by atoms with Crippen LogP contribution in [-0.4, -0.2) is 17.9 Å². The molecule has 0 aromatic rings. The number of piperidine rings is 1. The molecule has 0 spiro atoms. The quantitative estimate of drug-likeness (QED) is 0.544. The van der Waals surface area contributed by atoms with Gasteiger partial charge in [-0.25, -0.2) is 0 Å². The summed E-state index contributed by atoms with van der Waals surface area (Å²) in [5.41, 5.74) is 0.0313. The van der Waals surface area contributed by atoms with Gasteiger partial charge in [0, 0.05) is 24.4 Å². The first kappa shape index (κ1) is 7.73. The summed E-state index contributed by atoms with van der Waals surface area (Å²) in [6.45, 7) is 6.95. The summed E-state index contributed by atoms with van der Waals surface area (Å²) in [4.78, 5) is 11.2. The SMILES string of the molecule is CC1CNC(C)(C)CC1=O. The highest BCUT2D eigenvalue weighted by molar-refractivity contribution is 5.82. The Hall–Kier alpha value is -0.370. The van der Waals surface area contributed by atoms with E-state index in [9.17, 15) is 4.79 Å². The van der Waals surface area contributed by atoms with Gasteiger partial charge in [-0.3, -0.25) is 4.79 Å². The van der Waals surface area contributed by atoms with Crippen molar-refractivity contribution in [3.05, 3.63) is 0 Å². The maximum absolute atomic E-state index is 11.2. The summed E-state index contributed by atoms with van der Waals surface area (Å²) in [7, 11) is 0. The van der Waals surface area contributed by atoms with Crippen molar-refractivity contribution >= 4 is 5.78 Å². The van der Waals surface area contributed by atoms with E-state index < -0.39 is 0 Å². The molecule has 0 amide bonds. The van der Waals surface area contributed by atoms with Gasteiger partial charge in [0.2, 0.25) is 0 Å². The van der Waals surface area contributed by atoms with Gasteiger partial charge >= 0.3 is 0 Å². The van der Waals surface area contributed by atoms with Crippen LogP contribution in [0.25, 0.3) is 0 Å². The zero-order chi connectivity index (χ0) is 7.78. The monoisotopic (exact) mass is 141 g/mol. The number of carbonyl (C=O) groups excluding carboxylic acids is 1. The molecule has 0 aromatic heterocycles. The lowest BCUT2D eigenvalue weighted by Gasteiger charge is -2.33. The normalized spacial score (nSPS) is 32.3. The lowest BCUT2D eigenvalue weighted by atomic mass is 9.87. The fourth-order valence-corrected chi connectivity index (χ4v) is 1.22. The van der Waals surface area contributed by atoms with E-state index in [4.69, 9.17) is 0 Å². The summed E-state index contributed by atoms with van der Waals surface area (Å²) in [5, 5.41) is 3.32. The smallest absolute Gasteiger partial charge is 0.138 e. The van der Waals surface area contributed by atoms with Gasteiger partial charge in [0.1, 0.15) is 5.78 Å². The van der Waals surface area contributed by atoms with E-state index in [2.05, 4.69) is 19.2 Å². The number of ketones is 1. The minimum atomic E-state index is 0.0313. The zero-order valence-electron chi connectivity index (χ0n) is 6.90. The zero-order valence-corrected chi connectivity index (χ0v) is 6.90. The average Bonchev–Trinajstić information content (AvgIpc) is 1.79. The second-order valence-corrected chi connectivity index (χ2v) is 3.81. The van der Waals surface area contributed by atoms with Crippen molar-refractivity contribution in [1.29, 1.82) is 0 Å².